The van der Waals surface area contributed by atoms with Crippen LogP contribution in [0.2, 0.25) is 5.02 Å². The molecule has 1 aromatic heterocycles. The first kappa shape index (κ1) is 22.7. The fourth-order valence-corrected chi connectivity index (χ4v) is 3.74. The predicted molar refractivity (Wildman–Crippen MR) is 123 cm³/mol. The molecule has 2 aromatic carbocycles. The van der Waals surface area contributed by atoms with E-state index in [-0.39, 0.29) is 17.2 Å². The minimum Gasteiger partial charge on any atom is -0.493 e. The lowest BCUT2D eigenvalue weighted by Crippen LogP contribution is -2.19. The number of aromatic nitrogens is 2. The van der Waals surface area contributed by atoms with Crippen molar-refractivity contribution in [3.05, 3.63) is 74.7 Å². The fraction of sp³-hybridized carbons (Fsp3) is 0.227. The predicted octanol–water partition coefficient (Wildman–Crippen LogP) is 4.07. The second-order valence-electron chi connectivity index (χ2n) is 6.64. The van der Waals surface area contributed by atoms with Gasteiger partial charge in [-0.3, -0.25) is 9.59 Å². The molecule has 0 saturated carbocycles. The number of carbonyl (C=O) groups excluding carboxylic acids is 1. The van der Waals surface area contributed by atoms with Crippen LogP contribution in [-0.2, 0) is 11.2 Å². The van der Waals surface area contributed by atoms with Gasteiger partial charge in [-0.05, 0) is 36.8 Å². The molecule has 7 nitrogen and oxygen atoms in total. The third kappa shape index (κ3) is 6.02. The molecule has 2 N–H and O–H groups in total. The largest absolute Gasteiger partial charge is 0.493 e. The minimum atomic E-state index is -0.234. The number of aryl methyl sites for hydroxylation is 1. The number of carbonyl (C=O) groups is 1. The number of nitrogens with zero attached hydrogens (tertiary/aromatic N) is 1. The molecule has 3 rings (SSSR count). The van der Waals surface area contributed by atoms with Crippen LogP contribution in [0.5, 0.6) is 11.5 Å². The van der Waals surface area contributed by atoms with Gasteiger partial charge >= 0.3 is 0 Å². The van der Waals surface area contributed by atoms with E-state index in [0.717, 1.165) is 17.3 Å². The lowest BCUT2D eigenvalue weighted by molar-refractivity contribution is -0.113. The van der Waals surface area contributed by atoms with Crippen LogP contribution < -0.4 is 20.3 Å². The van der Waals surface area contributed by atoms with Crippen molar-refractivity contribution in [1.82, 2.24) is 9.97 Å². The SMILES string of the molecule is COc1ccc(NC(=O)CSc2nc(C)c(Cc3ccc(Cl)cc3)c(=O)[nH]2)cc1OC. The molecule has 0 aliphatic carbocycles. The smallest absolute Gasteiger partial charge is 0.255 e. The Balaban J connectivity index is 1.63. The van der Waals surface area contributed by atoms with Crippen LogP contribution >= 0.6 is 23.4 Å². The number of ether oxygens (including phenoxy) is 2. The van der Waals surface area contributed by atoms with Crippen LogP contribution in [0.3, 0.4) is 0 Å². The van der Waals surface area contributed by atoms with Crippen molar-refractivity contribution in [2.75, 3.05) is 25.3 Å². The molecule has 31 heavy (non-hydrogen) atoms. The molecular formula is C22H22ClN3O4S. The first-order chi connectivity index (χ1) is 14.9. The molecule has 1 heterocycles. The zero-order valence-corrected chi connectivity index (χ0v) is 18.9. The zero-order chi connectivity index (χ0) is 22.4. The standard InChI is InChI=1S/C22H22ClN3O4S/c1-13-17(10-14-4-6-15(23)7-5-14)21(28)26-22(24-13)31-12-20(27)25-16-8-9-18(29-2)19(11-16)30-3/h4-9,11H,10,12H2,1-3H3,(H,25,27)(H,24,26,28). The second kappa shape index (κ2) is 10.4. The average Bonchev–Trinajstić information content (AvgIpc) is 2.76. The summed E-state index contributed by atoms with van der Waals surface area (Å²) in [5.41, 5.74) is 2.54. The Kier molecular flexibility index (Phi) is 7.59. The minimum absolute atomic E-state index is 0.0905. The number of hydrogen-bond donors (Lipinski definition) is 2. The van der Waals surface area contributed by atoms with Gasteiger partial charge in [-0.2, -0.15) is 0 Å². The Labute approximate surface area is 189 Å². The molecule has 0 spiro atoms. The summed E-state index contributed by atoms with van der Waals surface area (Å²) in [4.78, 5) is 32.0. The van der Waals surface area contributed by atoms with E-state index in [1.165, 1.54) is 7.11 Å². The number of anilines is 1. The van der Waals surface area contributed by atoms with E-state index in [1.807, 2.05) is 12.1 Å². The maximum Gasteiger partial charge on any atom is 0.255 e. The molecule has 3 aromatic rings. The third-order valence-corrected chi connectivity index (χ3v) is 5.63. The topological polar surface area (TPSA) is 93.3 Å². The van der Waals surface area contributed by atoms with Gasteiger partial charge in [0.1, 0.15) is 0 Å². The fourth-order valence-electron chi connectivity index (χ4n) is 2.91. The lowest BCUT2D eigenvalue weighted by atomic mass is 10.1. The van der Waals surface area contributed by atoms with Gasteiger partial charge in [-0.1, -0.05) is 35.5 Å². The molecule has 0 aliphatic heterocycles. The summed E-state index contributed by atoms with van der Waals surface area (Å²) >= 11 is 7.07. The van der Waals surface area contributed by atoms with Crippen molar-refractivity contribution in [2.45, 2.75) is 18.5 Å². The first-order valence-corrected chi connectivity index (χ1v) is 10.7. The highest BCUT2D eigenvalue weighted by molar-refractivity contribution is 7.99. The van der Waals surface area contributed by atoms with Gasteiger partial charge in [-0.15, -0.1) is 0 Å². The van der Waals surface area contributed by atoms with Crippen LogP contribution in [0, 0.1) is 6.92 Å². The van der Waals surface area contributed by atoms with E-state index < -0.39 is 0 Å². The van der Waals surface area contributed by atoms with E-state index >= 15 is 0 Å². The number of benzene rings is 2. The number of hydrogen-bond acceptors (Lipinski definition) is 6. The summed E-state index contributed by atoms with van der Waals surface area (Å²) in [5.74, 6) is 0.951. The maximum absolute atomic E-state index is 12.5. The number of aromatic amines is 1. The molecule has 0 fully saturated rings. The van der Waals surface area contributed by atoms with Crippen molar-refractivity contribution in [3.8, 4) is 11.5 Å². The summed E-state index contributed by atoms with van der Waals surface area (Å²) in [5, 5.41) is 3.83. The summed E-state index contributed by atoms with van der Waals surface area (Å²) < 4.78 is 10.4. The average molecular weight is 460 g/mol. The highest BCUT2D eigenvalue weighted by atomic mass is 35.5. The van der Waals surface area contributed by atoms with E-state index in [4.69, 9.17) is 21.1 Å². The Morgan fingerprint density at radius 2 is 1.84 bits per heavy atom. The van der Waals surface area contributed by atoms with Crippen molar-refractivity contribution >= 4 is 35.0 Å². The highest BCUT2D eigenvalue weighted by Gasteiger charge is 2.12. The van der Waals surface area contributed by atoms with E-state index in [9.17, 15) is 9.59 Å². The molecular weight excluding hydrogens is 438 g/mol. The van der Waals surface area contributed by atoms with Gasteiger partial charge in [0.15, 0.2) is 16.7 Å². The quantitative estimate of drug-likeness (QED) is 0.389. The van der Waals surface area contributed by atoms with E-state index in [1.54, 1.807) is 44.4 Å². The monoisotopic (exact) mass is 459 g/mol. The number of thioether (sulfide) groups is 1. The van der Waals surface area contributed by atoms with Crippen LogP contribution in [0.1, 0.15) is 16.8 Å². The van der Waals surface area contributed by atoms with Crippen LogP contribution in [0.15, 0.2) is 52.4 Å². The van der Waals surface area contributed by atoms with Gasteiger partial charge < -0.3 is 19.8 Å². The Bertz CT molecular complexity index is 1130. The van der Waals surface area contributed by atoms with Gasteiger partial charge in [0.2, 0.25) is 5.91 Å². The summed E-state index contributed by atoms with van der Waals surface area (Å²) in [6.07, 6.45) is 0.454. The third-order valence-electron chi connectivity index (χ3n) is 4.50. The van der Waals surface area contributed by atoms with E-state index in [0.29, 0.717) is 45.0 Å². The normalized spacial score (nSPS) is 10.6. The molecule has 0 unspecified atom stereocenters. The number of methoxy groups -OCH3 is 2. The second-order valence-corrected chi connectivity index (χ2v) is 8.05. The van der Waals surface area contributed by atoms with Gasteiger partial charge in [0.05, 0.1) is 20.0 Å². The molecule has 0 atom stereocenters. The molecule has 0 radical (unpaired) electrons. The van der Waals surface area contributed by atoms with Crippen molar-refractivity contribution < 1.29 is 14.3 Å². The summed E-state index contributed by atoms with van der Waals surface area (Å²) in [6, 6.07) is 12.4. The van der Waals surface area contributed by atoms with E-state index in [2.05, 4.69) is 15.3 Å². The number of H-pyrrole nitrogens is 1. The molecule has 0 aliphatic rings. The van der Waals surface area contributed by atoms with Crippen LogP contribution in [0.25, 0.3) is 0 Å². The van der Waals surface area contributed by atoms with Crippen LogP contribution in [0.4, 0.5) is 5.69 Å². The highest BCUT2D eigenvalue weighted by Crippen LogP contribution is 2.29. The van der Waals surface area contributed by atoms with Crippen LogP contribution in [-0.4, -0.2) is 35.8 Å². The zero-order valence-electron chi connectivity index (χ0n) is 17.3. The van der Waals surface area contributed by atoms with Gasteiger partial charge in [-0.25, -0.2) is 4.98 Å². The molecule has 1 amide bonds. The number of nitrogens with one attached hydrogen (secondary N) is 2. The molecule has 0 saturated heterocycles. The molecule has 0 bridgehead atoms. The molecule has 9 heteroatoms. The first-order valence-electron chi connectivity index (χ1n) is 9.38. The van der Waals surface area contributed by atoms with Gasteiger partial charge in [0, 0.05) is 34.5 Å². The number of halogens is 1. The lowest BCUT2D eigenvalue weighted by Gasteiger charge is -2.11. The number of amides is 1. The summed E-state index contributed by atoms with van der Waals surface area (Å²) in [6.45, 7) is 1.79. The summed E-state index contributed by atoms with van der Waals surface area (Å²) in [7, 11) is 3.07. The Morgan fingerprint density at radius 3 is 2.48 bits per heavy atom. The maximum atomic E-state index is 12.5. The van der Waals surface area contributed by atoms with Crippen molar-refractivity contribution in [3.63, 3.8) is 0 Å². The van der Waals surface area contributed by atoms with Crippen molar-refractivity contribution in [1.29, 1.82) is 0 Å². The van der Waals surface area contributed by atoms with Crippen molar-refractivity contribution in [2.24, 2.45) is 0 Å². The Hall–Kier alpha value is -2.97. The Morgan fingerprint density at radius 1 is 1.13 bits per heavy atom. The van der Waals surface area contributed by atoms with Gasteiger partial charge in [0.25, 0.3) is 5.56 Å². The number of rotatable bonds is 8. The molecule has 162 valence electrons.